The number of hydrogen-bond acceptors (Lipinski definition) is 3. The van der Waals surface area contributed by atoms with Crippen LogP contribution in [0.3, 0.4) is 0 Å². The summed E-state index contributed by atoms with van der Waals surface area (Å²) in [6, 6.07) is 8.44. The Morgan fingerprint density at radius 3 is 2.62 bits per heavy atom. The molecule has 1 aromatic heterocycles. The molecule has 2 unspecified atom stereocenters. The quantitative estimate of drug-likeness (QED) is 0.720. The number of nitrogens with zero attached hydrogens (tertiary/aromatic N) is 3. The summed E-state index contributed by atoms with van der Waals surface area (Å²) < 4.78 is 2.00. The average Bonchev–Trinajstić information content (AvgIpc) is 3.06. The van der Waals surface area contributed by atoms with Crippen LogP contribution in [0.4, 0.5) is 0 Å². The molecule has 3 heterocycles. The maximum absolute atomic E-state index is 13.7. The Morgan fingerprint density at radius 1 is 1.03 bits per heavy atom. The SMILES string of the molecule is Cl.O=C(c1nn(-c2ccc(Cl)cc2)c2c1CCCCC2)N1C2CCNCC1CC2. The van der Waals surface area contributed by atoms with E-state index in [0.29, 0.717) is 22.8 Å². The molecule has 0 radical (unpaired) electrons. The number of fused-ring (bicyclic) bond motifs is 3. The van der Waals surface area contributed by atoms with Crippen LogP contribution >= 0.6 is 24.0 Å². The van der Waals surface area contributed by atoms with Gasteiger partial charge in [0.05, 0.1) is 5.69 Å². The van der Waals surface area contributed by atoms with Crippen molar-refractivity contribution in [2.24, 2.45) is 0 Å². The third kappa shape index (κ3) is 3.80. The van der Waals surface area contributed by atoms with E-state index in [1.165, 1.54) is 17.7 Å². The summed E-state index contributed by atoms with van der Waals surface area (Å²) in [5.41, 5.74) is 4.06. The second-order valence-corrected chi connectivity index (χ2v) is 8.75. The van der Waals surface area contributed by atoms with E-state index in [2.05, 4.69) is 10.2 Å². The molecule has 2 aromatic rings. The molecule has 1 aliphatic carbocycles. The van der Waals surface area contributed by atoms with Crippen molar-refractivity contribution in [1.82, 2.24) is 20.0 Å². The molecule has 7 heteroatoms. The Balaban J connectivity index is 0.00000205. The molecule has 5 rings (SSSR count). The predicted octanol–water partition coefficient (Wildman–Crippen LogP) is 4.18. The average molecular weight is 435 g/mol. The lowest BCUT2D eigenvalue weighted by molar-refractivity contribution is 0.0672. The van der Waals surface area contributed by atoms with Crippen LogP contribution in [0.25, 0.3) is 5.69 Å². The number of rotatable bonds is 2. The highest BCUT2D eigenvalue weighted by molar-refractivity contribution is 6.30. The Morgan fingerprint density at radius 2 is 1.79 bits per heavy atom. The smallest absolute Gasteiger partial charge is 0.275 e. The summed E-state index contributed by atoms with van der Waals surface area (Å²) in [6.07, 6.45) is 8.69. The molecule has 0 saturated carbocycles. The van der Waals surface area contributed by atoms with E-state index in [9.17, 15) is 4.79 Å². The third-order valence-electron chi connectivity index (χ3n) is 6.59. The van der Waals surface area contributed by atoms with Crippen LogP contribution in [0.1, 0.15) is 60.3 Å². The summed E-state index contributed by atoms with van der Waals surface area (Å²) in [4.78, 5) is 15.9. The van der Waals surface area contributed by atoms with Crippen molar-refractivity contribution in [2.75, 3.05) is 13.1 Å². The summed E-state index contributed by atoms with van der Waals surface area (Å²) in [5.74, 6) is 0.141. The van der Waals surface area contributed by atoms with Crippen molar-refractivity contribution in [2.45, 2.75) is 63.5 Å². The van der Waals surface area contributed by atoms with Crippen LogP contribution in [0.2, 0.25) is 5.02 Å². The fourth-order valence-electron chi connectivity index (χ4n) is 5.18. The first-order valence-electron chi connectivity index (χ1n) is 10.6. The summed E-state index contributed by atoms with van der Waals surface area (Å²) in [7, 11) is 0. The molecule has 0 spiro atoms. The first kappa shape index (κ1) is 20.7. The lowest BCUT2D eigenvalue weighted by atomic mass is 10.1. The molecule has 1 aromatic carbocycles. The van der Waals surface area contributed by atoms with Crippen LogP contribution in [0, 0.1) is 0 Å². The van der Waals surface area contributed by atoms with Crippen molar-refractivity contribution in [3.8, 4) is 5.69 Å². The Bertz CT molecular complexity index is 866. The number of benzene rings is 1. The van der Waals surface area contributed by atoms with Crippen molar-refractivity contribution >= 4 is 29.9 Å². The normalized spacial score (nSPS) is 23.7. The number of nitrogens with one attached hydrogen (secondary N) is 1. The number of hydrogen-bond donors (Lipinski definition) is 1. The number of halogens is 2. The van der Waals surface area contributed by atoms with Gasteiger partial charge in [0.15, 0.2) is 5.69 Å². The molecule has 5 nitrogen and oxygen atoms in total. The predicted molar refractivity (Wildman–Crippen MR) is 118 cm³/mol. The first-order chi connectivity index (χ1) is 13.7. The molecule has 156 valence electrons. The van der Waals surface area contributed by atoms with Crippen LogP contribution in [-0.4, -0.2) is 45.8 Å². The van der Waals surface area contributed by atoms with Crippen molar-refractivity contribution in [1.29, 1.82) is 0 Å². The number of carbonyl (C=O) groups is 1. The second kappa shape index (κ2) is 8.66. The lowest BCUT2D eigenvalue weighted by Gasteiger charge is -2.27. The minimum absolute atomic E-state index is 0. The lowest BCUT2D eigenvalue weighted by Crippen LogP contribution is -2.43. The molecular formula is C22H28Cl2N4O. The second-order valence-electron chi connectivity index (χ2n) is 8.31. The molecule has 3 aliphatic rings. The molecule has 2 saturated heterocycles. The third-order valence-corrected chi connectivity index (χ3v) is 6.84. The molecule has 2 fully saturated rings. The summed E-state index contributed by atoms with van der Waals surface area (Å²) >= 11 is 6.08. The molecule has 2 aliphatic heterocycles. The van der Waals surface area contributed by atoms with E-state index < -0.39 is 0 Å². The molecule has 29 heavy (non-hydrogen) atoms. The van der Waals surface area contributed by atoms with Gasteiger partial charge in [0.1, 0.15) is 0 Å². The van der Waals surface area contributed by atoms with Crippen molar-refractivity contribution < 1.29 is 4.79 Å². The van der Waals surface area contributed by atoms with E-state index in [1.807, 2.05) is 28.9 Å². The van der Waals surface area contributed by atoms with E-state index in [0.717, 1.165) is 63.7 Å². The summed E-state index contributed by atoms with van der Waals surface area (Å²) in [6.45, 7) is 1.91. The highest BCUT2D eigenvalue weighted by Crippen LogP contribution is 2.33. The van der Waals surface area contributed by atoms with Crippen LogP contribution in [-0.2, 0) is 12.8 Å². The minimum atomic E-state index is 0. The Kier molecular flexibility index (Phi) is 6.19. The Hall–Kier alpha value is -1.56. The molecule has 2 atom stereocenters. The molecule has 1 amide bonds. The fourth-order valence-corrected chi connectivity index (χ4v) is 5.31. The van der Waals surface area contributed by atoms with Gasteiger partial charge in [-0.1, -0.05) is 18.0 Å². The topological polar surface area (TPSA) is 50.2 Å². The van der Waals surface area contributed by atoms with Gasteiger partial charge < -0.3 is 10.2 Å². The molecule has 1 N–H and O–H groups in total. The van der Waals surface area contributed by atoms with Gasteiger partial charge in [0, 0.05) is 34.9 Å². The van der Waals surface area contributed by atoms with Gasteiger partial charge >= 0.3 is 0 Å². The van der Waals surface area contributed by atoms with E-state index in [1.54, 1.807) is 0 Å². The van der Waals surface area contributed by atoms with Gasteiger partial charge in [-0.15, -0.1) is 12.4 Å². The highest BCUT2D eigenvalue weighted by atomic mass is 35.5. The zero-order valence-corrected chi connectivity index (χ0v) is 18.1. The largest absolute Gasteiger partial charge is 0.330 e. The molecule has 2 bridgehead atoms. The van der Waals surface area contributed by atoms with Crippen molar-refractivity contribution in [3.05, 3.63) is 46.2 Å². The van der Waals surface area contributed by atoms with Crippen molar-refractivity contribution in [3.63, 3.8) is 0 Å². The standard InChI is InChI=1S/C22H27ClN4O.ClH/c23-15-6-8-17(9-7-15)27-20-5-3-1-2-4-19(20)21(25-27)22(28)26-16-10-11-18(26)14-24-13-12-16;/h6-9,16,18,24H,1-5,10-14H2;1H. The summed E-state index contributed by atoms with van der Waals surface area (Å²) in [5, 5.41) is 9.10. The zero-order chi connectivity index (χ0) is 19.1. The van der Waals surface area contributed by atoms with E-state index in [-0.39, 0.29) is 18.3 Å². The number of aromatic nitrogens is 2. The van der Waals surface area contributed by atoms with E-state index >= 15 is 0 Å². The Labute approximate surface area is 183 Å². The van der Waals surface area contributed by atoms with Gasteiger partial charge in [-0.2, -0.15) is 5.10 Å². The maximum atomic E-state index is 13.7. The maximum Gasteiger partial charge on any atom is 0.275 e. The first-order valence-corrected chi connectivity index (χ1v) is 11.0. The minimum Gasteiger partial charge on any atom is -0.330 e. The van der Waals surface area contributed by atoms with E-state index in [4.69, 9.17) is 16.7 Å². The van der Waals surface area contributed by atoms with Gasteiger partial charge in [-0.05, 0) is 75.8 Å². The molecular weight excluding hydrogens is 407 g/mol. The van der Waals surface area contributed by atoms with Crippen LogP contribution < -0.4 is 5.32 Å². The van der Waals surface area contributed by atoms with Crippen LogP contribution in [0.15, 0.2) is 24.3 Å². The fraction of sp³-hybridized carbons (Fsp3) is 0.545. The number of carbonyl (C=O) groups excluding carboxylic acids is 1. The van der Waals surface area contributed by atoms with Gasteiger partial charge in [-0.3, -0.25) is 4.79 Å². The van der Waals surface area contributed by atoms with Gasteiger partial charge in [0.25, 0.3) is 5.91 Å². The zero-order valence-electron chi connectivity index (χ0n) is 16.6. The van der Waals surface area contributed by atoms with Gasteiger partial charge in [0.2, 0.25) is 0 Å². The van der Waals surface area contributed by atoms with Gasteiger partial charge in [-0.25, -0.2) is 4.68 Å². The van der Waals surface area contributed by atoms with Crippen LogP contribution in [0.5, 0.6) is 0 Å². The number of amides is 1. The highest BCUT2D eigenvalue weighted by Gasteiger charge is 2.40. The monoisotopic (exact) mass is 434 g/mol.